The van der Waals surface area contributed by atoms with Gasteiger partial charge in [-0.15, -0.1) is 11.3 Å². The molecule has 7 heteroatoms. The van der Waals surface area contributed by atoms with Gasteiger partial charge in [0.05, 0.1) is 12.8 Å². The van der Waals surface area contributed by atoms with E-state index in [1.54, 1.807) is 38.3 Å². The van der Waals surface area contributed by atoms with Crippen LogP contribution in [-0.2, 0) is 16.6 Å². The van der Waals surface area contributed by atoms with E-state index in [9.17, 15) is 8.42 Å². The van der Waals surface area contributed by atoms with Crippen molar-refractivity contribution in [3.05, 3.63) is 40.1 Å². The molecule has 1 heterocycles. The summed E-state index contributed by atoms with van der Waals surface area (Å²) in [6, 6.07) is 6.93. The molecule has 0 bridgehead atoms. The first-order chi connectivity index (χ1) is 9.91. The van der Waals surface area contributed by atoms with Crippen LogP contribution in [0.4, 0.5) is 5.69 Å². The van der Waals surface area contributed by atoms with Crippen LogP contribution in [0.1, 0.15) is 10.4 Å². The number of thiophene rings is 1. The first-order valence-electron chi connectivity index (χ1n) is 6.31. The number of rotatable bonds is 5. The Hall–Kier alpha value is -1.57. The lowest BCUT2D eigenvalue weighted by Crippen LogP contribution is -2.27. The number of nitrogens with two attached hydrogens (primary N) is 1. The Morgan fingerprint density at radius 3 is 2.71 bits per heavy atom. The molecule has 2 aromatic rings. The summed E-state index contributed by atoms with van der Waals surface area (Å²) in [5, 5.41) is 1.81. The van der Waals surface area contributed by atoms with E-state index in [1.807, 2.05) is 5.38 Å². The highest BCUT2D eigenvalue weighted by atomic mass is 32.2. The smallest absolute Gasteiger partial charge is 0.265 e. The predicted octanol–water partition coefficient (Wildman–Crippen LogP) is 2.35. The van der Waals surface area contributed by atoms with Crippen LogP contribution in [0.3, 0.4) is 0 Å². The molecular weight excluding hydrogens is 308 g/mol. The van der Waals surface area contributed by atoms with Gasteiger partial charge in [0.25, 0.3) is 10.0 Å². The summed E-state index contributed by atoms with van der Waals surface area (Å²) in [7, 11) is -0.565. The van der Waals surface area contributed by atoms with Gasteiger partial charge in [-0.2, -0.15) is 0 Å². The zero-order valence-corrected chi connectivity index (χ0v) is 13.8. The average Bonchev–Trinajstić information content (AvgIpc) is 2.88. The summed E-state index contributed by atoms with van der Waals surface area (Å²) >= 11 is 1.37. The van der Waals surface area contributed by atoms with E-state index in [2.05, 4.69) is 0 Å². The Morgan fingerprint density at radius 1 is 1.38 bits per heavy atom. The molecule has 1 aromatic carbocycles. The third kappa shape index (κ3) is 2.90. The van der Waals surface area contributed by atoms with E-state index in [-0.39, 0.29) is 6.54 Å². The van der Waals surface area contributed by atoms with E-state index < -0.39 is 10.0 Å². The lowest BCUT2D eigenvalue weighted by atomic mass is 10.3. The second-order valence-electron chi connectivity index (χ2n) is 4.55. The minimum absolute atomic E-state index is 0.207. The van der Waals surface area contributed by atoms with Crippen LogP contribution < -0.4 is 14.8 Å². The first-order valence-corrected chi connectivity index (χ1v) is 8.63. The zero-order valence-electron chi connectivity index (χ0n) is 12.2. The molecule has 114 valence electrons. The number of benzene rings is 1. The van der Waals surface area contributed by atoms with Crippen LogP contribution in [-0.4, -0.2) is 22.6 Å². The topological polar surface area (TPSA) is 72.6 Å². The van der Waals surface area contributed by atoms with Crippen molar-refractivity contribution in [1.82, 2.24) is 0 Å². The number of anilines is 1. The second kappa shape index (κ2) is 6.05. The fourth-order valence-corrected chi connectivity index (χ4v) is 4.89. The Labute approximate surface area is 129 Å². The Kier molecular flexibility index (Phi) is 4.55. The summed E-state index contributed by atoms with van der Waals surface area (Å²) in [6.45, 7) is 1.99. The van der Waals surface area contributed by atoms with Gasteiger partial charge in [-0.05, 0) is 30.0 Å². The van der Waals surface area contributed by atoms with Gasteiger partial charge in [0, 0.05) is 24.5 Å². The average molecular weight is 326 g/mol. The maximum Gasteiger partial charge on any atom is 0.265 e. The zero-order chi connectivity index (χ0) is 15.6. The monoisotopic (exact) mass is 326 g/mol. The largest absolute Gasteiger partial charge is 0.497 e. The maximum absolute atomic E-state index is 12.8. The van der Waals surface area contributed by atoms with Gasteiger partial charge < -0.3 is 10.5 Å². The van der Waals surface area contributed by atoms with E-state index >= 15 is 0 Å². The van der Waals surface area contributed by atoms with Crippen molar-refractivity contribution in [2.24, 2.45) is 5.73 Å². The van der Waals surface area contributed by atoms with Crippen molar-refractivity contribution in [2.45, 2.75) is 18.4 Å². The Morgan fingerprint density at radius 2 is 2.10 bits per heavy atom. The predicted molar refractivity (Wildman–Crippen MR) is 85.5 cm³/mol. The fourth-order valence-electron chi connectivity index (χ4n) is 2.06. The van der Waals surface area contributed by atoms with E-state index in [0.29, 0.717) is 21.2 Å². The van der Waals surface area contributed by atoms with E-state index in [1.165, 1.54) is 22.7 Å². The van der Waals surface area contributed by atoms with Crippen LogP contribution in [0.5, 0.6) is 5.75 Å². The Balaban J connectivity index is 2.50. The van der Waals surface area contributed by atoms with Crippen molar-refractivity contribution in [3.8, 4) is 5.75 Å². The summed E-state index contributed by atoms with van der Waals surface area (Å²) in [4.78, 5) is 0.975. The fraction of sp³-hybridized carbons (Fsp3) is 0.286. The number of ether oxygens (including phenoxy) is 1. The SMILES string of the molecule is COc1cccc(N(C)S(=O)(=O)c2c(C)csc2CN)c1. The molecule has 0 saturated heterocycles. The van der Waals surface area contributed by atoms with Crippen molar-refractivity contribution in [1.29, 1.82) is 0 Å². The minimum Gasteiger partial charge on any atom is -0.497 e. The molecule has 5 nitrogen and oxygen atoms in total. The van der Waals surface area contributed by atoms with Gasteiger partial charge in [-0.25, -0.2) is 8.42 Å². The third-order valence-corrected chi connectivity index (χ3v) is 6.48. The van der Waals surface area contributed by atoms with Crippen molar-refractivity contribution in [3.63, 3.8) is 0 Å². The quantitative estimate of drug-likeness (QED) is 0.915. The molecule has 0 atom stereocenters. The molecular formula is C14H18N2O3S2. The molecule has 0 unspecified atom stereocenters. The number of hydrogen-bond donors (Lipinski definition) is 1. The number of aryl methyl sites for hydroxylation is 1. The van der Waals surface area contributed by atoms with Crippen molar-refractivity contribution >= 4 is 27.0 Å². The van der Waals surface area contributed by atoms with Crippen LogP contribution >= 0.6 is 11.3 Å². The molecule has 0 aliphatic carbocycles. The van der Waals surface area contributed by atoms with Crippen LogP contribution in [0.2, 0.25) is 0 Å². The van der Waals surface area contributed by atoms with Crippen LogP contribution in [0.15, 0.2) is 34.5 Å². The van der Waals surface area contributed by atoms with Crippen molar-refractivity contribution in [2.75, 3.05) is 18.5 Å². The van der Waals surface area contributed by atoms with Gasteiger partial charge in [-0.3, -0.25) is 4.31 Å². The molecule has 0 aliphatic rings. The molecule has 0 radical (unpaired) electrons. The highest BCUT2D eigenvalue weighted by Crippen LogP contribution is 2.32. The van der Waals surface area contributed by atoms with Crippen molar-refractivity contribution < 1.29 is 13.2 Å². The molecule has 0 spiro atoms. The van der Waals surface area contributed by atoms with Gasteiger partial charge >= 0.3 is 0 Å². The molecule has 1 aromatic heterocycles. The third-order valence-electron chi connectivity index (χ3n) is 3.21. The number of methoxy groups -OCH3 is 1. The molecule has 0 aliphatic heterocycles. The molecule has 2 rings (SSSR count). The van der Waals surface area contributed by atoms with Gasteiger partial charge in [0.15, 0.2) is 0 Å². The molecule has 21 heavy (non-hydrogen) atoms. The number of hydrogen-bond acceptors (Lipinski definition) is 5. The van der Waals surface area contributed by atoms with E-state index in [0.717, 1.165) is 5.56 Å². The molecule has 2 N–H and O–H groups in total. The maximum atomic E-state index is 12.8. The Bertz CT molecular complexity index is 738. The summed E-state index contributed by atoms with van der Waals surface area (Å²) in [6.07, 6.45) is 0. The molecule has 0 saturated carbocycles. The highest BCUT2D eigenvalue weighted by molar-refractivity contribution is 7.93. The van der Waals surface area contributed by atoms with Crippen LogP contribution in [0, 0.1) is 6.92 Å². The lowest BCUT2D eigenvalue weighted by Gasteiger charge is -2.20. The lowest BCUT2D eigenvalue weighted by molar-refractivity contribution is 0.415. The van der Waals surface area contributed by atoms with E-state index in [4.69, 9.17) is 10.5 Å². The second-order valence-corrected chi connectivity index (χ2v) is 7.42. The molecule has 0 amide bonds. The summed E-state index contributed by atoms with van der Waals surface area (Å²) in [5.41, 5.74) is 6.91. The minimum atomic E-state index is -3.64. The number of nitrogens with zero attached hydrogens (tertiary/aromatic N) is 1. The van der Waals surface area contributed by atoms with Gasteiger partial charge in [0.2, 0.25) is 0 Å². The van der Waals surface area contributed by atoms with Gasteiger partial charge in [-0.1, -0.05) is 6.07 Å². The standard InChI is InChI=1S/C14H18N2O3S2/c1-10-9-20-13(8-15)14(10)21(17,18)16(2)11-5-4-6-12(7-11)19-3/h4-7,9H,8,15H2,1-3H3. The summed E-state index contributed by atoms with van der Waals surface area (Å²) in [5.74, 6) is 0.607. The highest BCUT2D eigenvalue weighted by Gasteiger charge is 2.27. The van der Waals surface area contributed by atoms with Gasteiger partial charge in [0.1, 0.15) is 10.6 Å². The first kappa shape index (κ1) is 15.8. The van der Waals surface area contributed by atoms with Crippen LogP contribution in [0.25, 0.3) is 0 Å². The normalized spacial score (nSPS) is 11.4. The number of sulfonamides is 1. The summed E-state index contributed by atoms with van der Waals surface area (Å²) < 4.78 is 32.1. The molecule has 0 fully saturated rings.